The Labute approximate surface area is 306 Å². The van der Waals surface area contributed by atoms with Crippen molar-refractivity contribution >= 4 is 59.8 Å². The van der Waals surface area contributed by atoms with E-state index in [4.69, 9.17) is 21.3 Å². The van der Waals surface area contributed by atoms with E-state index >= 15 is 0 Å². The number of halogens is 1. The van der Waals surface area contributed by atoms with Crippen LogP contribution in [0.25, 0.3) is 16.1 Å². The van der Waals surface area contributed by atoms with Crippen LogP contribution in [0.1, 0.15) is 56.8 Å². The Morgan fingerprint density at radius 3 is 2.46 bits per heavy atom. The zero-order valence-electron chi connectivity index (χ0n) is 27.9. The lowest BCUT2D eigenvalue weighted by atomic mass is 9.99. The predicted molar refractivity (Wildman–Crippen MR) is 200 cm³/mol. The van der Waals surface area contributed by atoms with Crippen LogP contribution in [0.5, 0.6) is 0 Å². The van der Waals surface area contributed by atoms with Crippen LogP contribution in [-0.4, -0.2) is 68.4 Å². The molecule has 5 aromatic rings. The third kappa shape index (κ3) is 7.36. The van der Waals surface area contributed by atoms with Gasteiger partial charge in [-0.15, -0.1) is 21.5 Å². The van der Waals surface area contributed by atoms with Gasteiger partial charge < -0.3 is 15.4 Å². The predicted octanol–water partition coefficient (Wildman–Crippen LogP) is 5.67. The molecule has 0 fully saturated rings. The number of fused-ring (bicyclic) bond motifs is 4. The Bertz CT molecular complexity index is 2080. The number of nitrogens with one attached hydrogen (secondary N) is 2. The first-order valence-corrected chi connectivity index (χ1v) is 17.3. The van der Waals surface area contributed by atoms with E-state index in [9.17, 15) is 9.59 Å². The number of aliphatic imine (C=N–C) groups is 1. The molecule has 2 aliphatic rings. The molecule has 0 unspecified atom stereocenters. The smallest absolute Gasteiger partial charge is 0.222 e. The fraction of sp³-hybridized carbons (Fsp3) is 0.306. The number of ketones is 1. The van der Waals surface area contributed by atoms with E-state index in [0.717, 1.165) is 55.5 Å². The largest absolute Gasteiger partial charge is 0.378 e. The molecule has 3 aromatic heterocycles. The number of benzene rings is 2. The molecule has 258 valence electrons. The van der Waals surface area contributed by atoms with Crippen molar-refractivity contribution in [2.75, 3.05) is 31.6 Å². The normalized spacial score (nSPS) is 14.6. The molecule has 1 amide bonds. The molecule has 7 rings (SSSR count). The molecule has 0 spiro atoms. The number of thiophene rings is 1. The summed E-state index contributed by atoms with van der Waals surface area (Å²) in [6.45, 7) is 7.75. The van der Waals surface area contributed by atoms with E-state index in [2.05, 4.69) is 50.7 Å². The van der Waals surface area contributed by atoms with Gasteiger partial charge in [0.25, 0.3) is 0 Å². The number of hydrogen-bond acceptors (Lipinski definition) is 10. The maximum atomic E-state index is 13.2. The summed E-state index contributed by atoms with van der Waals surface area (Å²) in [6, 6.07) is 13.2. The fourth-order valence-electron chi connectivity index (χ4n) is 6.18. The Hall–Kier alpha value is -4.43. The minimum Gasteiger partial charge on any atom is -0.378 e. The van der Waals surface area contributed by atoms with Crippen molar-refractivity contribution < 1.29 is 14.3 Å². The Morgan fingerprint density at radius 2 is 1.68 bits per heavy atom. The van der Waals surface area contributed by atoms with Crippen LogP contribution in [0.15, 0.2) is 59.9 Å². The second kappa shape index (κ2) is 15.2. The molecule has 0 saturated carbocycles. The van der Waals surface area contributed by atoms with Crippen molar-refractivity contribution in [1.82, 2.24) is 30.0 Å². The van der Waals surface area contributed by atoms with Crippen LogP contribution >= 0.6 is 36.4 Å². The van der Waals surface area contributed by atoms with Gasteiger partial charge in [-0.1, -0.05) is 41.9 Å². The number of nitrogens with zero attached hydrogens (tertiary/aromatic N) is 6. The molecular weight excluding hydrogens is 692 g/mol. The first kappa shape index (κ1) is 35.4. The van der Waals surface area contributed by atoms with Crippen molar-refractivity contribution in [1.29, 1.82) is 0 Å². The van der Waals surface area contributed by atoms with E-state index in [0.29, 0.717) is 55.9 Å². The monoisotopic (exact) mass is 728 g/mol. The fourth-order valence-corrected chi connectivity index (χ4v) is 7.52. The third-order valence-corrected chi connectivity index (χ3v) is 10.2. The maximum absolute atomic E-state index is 13.2. The second-order valence-electron chi connectivity index (χ2n) is 12.2. The van der Waals surface area contributed by atoms with Gasteiger partial charge in [-0.25, -0.2) is 9.97 Å². The summed E-state index contributed by atoms with van der Waals surface area (Å²) in [5.74, 6) is 1.99. The number of aryl methyl sites for hydroxylation is 2. The van der Waals surface area contributed by atoms with Crippen LogP contribution in [0, 0.1) is 20.8 Å². The minimum atomic E-state index is -0.533. The topological polar surface area (TPSA) is 136 Å². The van der Waals surface area contributed by atoms with Crippen molar-refractivity contribution in [3.63, 3.8) is 0 Å². The Balaban J connectivity index is 0.00000432. The summed E-state index contributed by atoms with van der Waals surface area (Å²) in [6.07, 6.45) is 4.67. The number of rotatable bonds is 11. The number of amides is 1. The number of ether oxygens (including phenoxy) is 1. The molecule has 1 aliphatic heterocycles. The number of hydrogen-bond donors (Lipinski definition) is 2. The standard InChI is InChI=1S/C36H35ClN8O3S.H2S/c1-20-21(2)49-35-32(20)33(23-6-8-28(37)9-7-23)42-30(34-44-43-22(3)45(34)35)17-31(47)38-10-12-48-13-11-39-36-40-18-27(19-41-36)24-4-5-25-15-29(46)16-26(25)14-24;/h4-9,14,18-19,30H,10-13,15-17H2,1-3H3,(H,38,47)(H,39,40,41);1H2/t30-;/m0./s1. The summed E-state index contributed by atoms with van der Waals surface area (Å²) in [5.41, 5.74) is 7.99. The van der Waals surface area contributed by atoms with E-state index in [1.807, 2.05) is 47.9 Å². The highest BCUT2D eigenvalue weighted by molar-refractivity contribution is 7.59. The third-order valence-electron chi connectivity index (χ3n) is 8.80. The molecule has 1 atom stereocenters. The molecule has 2 N–H and O–H groups in total. The molecule has 1 aliphatic carbocycles. The van der Waals surface area contributed by atoms with Crippen molar-refractivity contribution in [3.8, 4) is 16.1 Å². The molecule has 0 bridgehead atoms. The van der Waals surface area contributed by atoms with E-state index in [1.54, 1.807) is 23.7 Å². The average molecular weight is 729 g/mol. The summed E-state index contributed by atoms with van der Waals surface area (Å²) < 4.78 is 7.77. The number of Topliss-reactive ketones (excluding diaryl/α,β-unsaturated/α-hetero) is 1. The zero-order chi connectivity index (χ0) is 34.1. The Kier molecular flexibility index (Phi) is 10.8. The second-order valence-corrected chi connectivity index (χ2v) is 13.8. The molecule has 4 heterocycles. The first-order valence-electron chi connectivity index (χ1n) is 16.2. The molecule has 14 heteroatoms. The van der Waals surface area contributed by atoms with Gasteiger partial charge in [0.15, 0.2) is 5.82 Å². The zero-order valence-corrected chi connectivity index (χ0v) is 30.5. The first-order chi connectivity index (χ1) is 23.7. The van der Waals surface area contributed by atoms with Crippen molar-refractivity contribution in [2.24, 2.45) is 4.99 Å². The van der Waals surface area contributed by atoms with Gasteiger partial charge in [0.1, 0.15) is 22.7 Å². The molecule has 0 radical (unpaired) electrons. The van der Waals surface area contributed by atoms with Crippen LogP contribution < -0.4 is 10.6 Å². The van der Waals surface area contributed by atoms with Gasteiger partial charge in [0.05, 0.1) is 25.3 Å². The minimum absolute atomic E-state index is 0. The maximum Gasteiger partial charge on any atom is 0.222 e. The highest BCUT2D eigenvalue weighted by Gasteiger charge is 2.32. The molecule has 50 heavy (non-hydrogen) atoms. The van der Waals surface area contributed by atoms with E-state index in [1.165, 1.54) is 4.88 Å². The summed E-state index contributed by atoms with van der Waals surface area (Å²) in [5, 5.41) is 16.6. The van der Waals surface area contributed by atoms with Crippen LogP contribution in [0.4, 0.5) is 5.95 Å². The summed E-state index contributed by atoms with van der Waals surface area (Å²) >= 11 is 7.89. The summed E-state index contributed by atoms with van der Waals surface area (Å²) in [7, 11) is 0. The lowest BCUT2D eigenvalue weighted by molar-refractivity contribution is -0.121. The molecule has 11 nitrogen and oxygen atoms in total. The number of carbonyl (C=O) groups is 2. The van der Waals surface area contributed by atoms with E-state index in [-0.39, 0.29) is 31.6 Å². The van der Waals surface area contributed by atoms with E-state index < -0.39 is 6.04 Å². The molecular formula is C36H37ClN8O3S2. The number of aromatic nitrogens is 5. The molecule has 2 aromatic carbocycles. The quantitative estimate of drug-likeness (QED) is 0.166. The molecule has 0 saturated heterocycles. The highest BCUT2D eigenvalue weighted by atomic mass is 35.5. The number of anilines is 1. The van der Waals surface area contributed by atoms with Gasteiger partial charge in [0.2, 0.25) is 11.9 Å². The van der Waals surface area contributed by atoms with Crippen LogP contribution in [0.3, 0.4) is 0 Å². The van der Waals surface area contributed by atoms with Gasteiger partial charge in [-0.05, 0) is 55.2 Å². The number of carbonyl (C=O) groups excluding carboxylic acids is 2. The van der Waals surface area contributed by atoms with Gasteiger partial charge in [0, 0.05) is 64.9 Å². The average Bonchev–Trinajstić information content (AvgIpc) is 3.73. The van der Waals surface area contributed by atoms with Crippen molar-refractivity contribution in [3.05, 3.63) is 104 Å². The van der Waals surface area contributed by atoms with Gasteiger partial charge >= 0.3 is 0 Å². The lowest BCUT2D eigenvalue weighted by Gasteiger charge is -2.13. The SMILES string of the molecule is Cc1sc2c(c1C)C(c1ccc(Cl)cc1)=N[C@@H](CC(=O)NCCOCCNc1ncc(-c3ccc4c(c3)CC(=O)C4)cn1)c1nnc(C)n1-2.S. The Morgan fingerprint density at radius 1 is 0.960 bits per heavy atom. The summed E-state index contributed by atoms with van der Waals surface area (Å²) in [4.78, 5) is 40.1. The lowest BCUT2D eigenvalue weighted by Crippen LogP contribution is -2.29. The highest BCUT2D eigenvalue weighted by Crippen LogP contribution is 2.39. The van der Waals surface area contributed by atoms with Gasteiger partial charge in [-0.3, -0.25) is 19.1 Å². The van der Waals surface area contributed by atoms with Crippen molar-refractivity contribution in [2.45, 2.75) is 46.1 Å². The van der Waals surface area contributed by atoms with Crippen LogP contribution in [0.2, 0.25) is 5.02 Å². The van der Waals surface area contributed by atoms with Crippen LogP contribution in [-0.2, 0) is 27.2 Å². The van der Waals surface area contributed by atoms with Gasteiger partial charge in [-0.2, -0.15) is 13.5 Å².